The highest BCUT2D eigenvalue weighted by molar-refractivity contribution is 5.85. The third-order valence-corrected chi connectivity index (χ3v) is 2.03. The Labute approximate surface area is 91.5 Å². The van der Waals surface area contributed by atoms with Gasteiger partial charge >= 0.3 is 0 Å². The van der Waals surface area contributed by atoms with Gasteiger partial charge in [-0.05, 0) is 12.8 Å². The molecule has 0 saturated heterocycles. The van der Waals surface area contributed by atoms with Crippen molar-refractivity contribution >= 4 is 18.2 Å². The minimum Gasteiger partial charge on any atom is -0.387 e. The molecule has 0 amide bonds. The smallest absolute Gasteiger partial charge is 0.283 e. The molecule has 4 nitrogen and oxygen atoms in total. The molecule has 0 radical (unpaired) electrons. The summed E-state index contributed by atoms with van der Waals surface area (Å²) >= 11 is 0. The van der Waals surface area contributed by atoms with E-state index in [-0.39, 0.29) is 12.4 Å². The van der Waals surface area contributed by atoms with Crippen LogP contribution in [0.4, 0.5) is 0 Å². The highest BCUT2D eigenvalue weighted by Crippen LogP contribution is 2.34. The van der Waals surface area contributed by atoms with Crippen molar-refractivity contribution in [3.8, 4) is 0 Å². The van der Waals surface area contributed by atoms with Crippen molar-refractivity contribution in [2.75, 3.05) is 0 Å². The van der Waals surface area contributed by atoms with Crippen molar-refractivity contribution in [2.45, 2.75) is 51.7 Å². The van der Waals surface area contributed by atoms with Crippen LogP contribution in [0, 0.1) is 0 Å². The topological polar surface area (TPSA) is 63.1 Å². The molecule has 0 atom stereocenters. The predicted octanol–water partition coefficient (Wildman–Crippen LogP) is 2.88. The molecule has 5 heteroatoms. The summed E-state index contributed by atoms with van der Waals surface area (Å²) in [5.74, 6) is 0.229. The molecule has 0 aromatic carbocycles. The molecule has 0 spiro atoms. The average Bonchev–Trinajstić information content (AvgIpc) is 2.82. The number of aliphatic imine (C=N–C) groups is 1. The molecule has 1 aliphatic rings. The highest BCUT2D eigenvalue weighted by atomic mass is 35.5. The lowest BCUT2D eigenvalue weighted by Crippen LogP contribution is -2.18. The summed E-state index contributed by atoms with van der Waals surface area (Å²) in [4.78, 5) is 4.31. The summed E-state index contributed by atoms with van der Waals surface area (Å²) in [5.41, 5.74) is 5.75. The molecule has 0 aromatic rings. The first-order chi connectivity index (χ1) is 6.22. The summed E-state index contributed by atoms with van der Waals surface area (Å²) in [6.07, 6.45) is 5.03. The van der Waals surface area contributed by atoms with E-state index in [1.54, 1.807) is 0 Å². The molecule has 1 aliphatic heterocycles. The van der Waals surface area contributed by atoms with Crippen molar-refractivity contribution < 1.29 is 0 Å². The van der Waals surface area contributed by atoms with Gasteiger partial charge in [0.05, 0.1) is 5.84 Å². The minimum atomic E-state index is -0.466. The molecular weight excluding hydrogens is 200 g/mol. The summed E-state index contributed by atoms with van der Waals surface area (Å²) in [6.45, 7) is 4.24. The van der Waals surface area contributed by atoms with E-state index < -0.39 is 5.79 Å². The third kappa shape index (κ3) is 4.05. The number of rotatable bonds is 6. The zero-order valence-electron chi connectivity index (χ0n) is 8.86. The highest BCUT2D eigenvalue weighted by Gasteiger charge is 2.38. The second kappa shape index (κ2) is 5.96. The lowest BCUT2D eigenvalue weighted by Gasteiger charge is -2.04. The summed E-state index contributed by atoms with van der Waals surface area (Å²) < 4.78 is 0. The van der Waals surface area contributed by atoms with E-state index in [1.165, 1.54) is 0 Å². The van der Waals surface area contributed by atoms with Crippen LogP contribution in [0.3, 0.4) is 0 Å². The molecule has 1 heterocycles. The lowest BCUT2D eigenvalue weighted by molar-refractivity contribution is 0.562. The minimum absolute atomic E-state index is 0. The molecule has 1 rings (SSSR count). The van der Waals surface area contributed by atoms with Gasteiger partial charge in [-0.25, -0.2) is 4.99 Å². The molecule has 14 heavy (non-hydrogen) atoms. The Morgan fingerprint density at radius 1 is 1.29 bits per heavy atom. The van der Waals surface area contributed by atoms with E-state index in [9.17, 15) is 0 Å². The summed E-state index contributed by atoms with van der Waals surface area (Å²) in [5, 5.41) is 7.86. The second-order valence-corrected chi connectivity index (χ2v) is 3.43. The van der Waals surface area contributed by atoms with Gasteiger partial charge in [0.25, 0.3) is 5.79 Å². The molecule has 0 aliphatic carbocycles. The van der Waals surface area contributed by atoms with Crippen molar-refractivity contribution in [3.05, 3.63) is 0 Å². The maximum absolute atomic E-state index is 5.75. The number of nitrogens with zero attached hydrogens (tertiary/aromatic N) is 3. The first kappa shape index (κ1) is 13.4. The van der Waals surface area contributed by atoms with Crippen LogP contribution >= 0.6 is 12.4 Å². The van der Waals surface area contributed by atoms with Gasteiger partial charge in [-0.1, -0.05) is 20.3 Å². The van der Waals surface area contributed by atoms with Crippen LogP contribution in [-0.4, -0.2) is 11.6 Å². The number of hydrogen-bond donors (Lipinski definition) is 1. The van der Waals surface area contributed by atoms with E-state index in [1.807, 2.05) is 0 Å². The molecule has 2 N–H and O–H groups in total. The molecule has 0 unspecified atom stereocenters. The average molecular weight is 219 g/mol. The fraction of sp³-hybridized carbons (Fsp3) is 0.889. The SMILES string of the molecule is CCCC/C(N)=N/C1(CCC)N=N1.Cl. The van der Waals surface area contributed by atoms with Gasteiger partial charge in [-0.15, -0.1) is 22.6 Å². The Balaban J connectivity index is 0.00000169. The van der Waals surface area contributed by atoms with Gasteiger partial charge < -0.3 is 5.73 Å². The number of amidine groups is 1. The Bertz CT molecular complexity index is 219. The molecule has 0 saturated carbocycles. The largest absolute Gasteiger partial charge is 0.387 e. The van der Waals surface area contributed by atoms with E-state index in [0.717, 1.165) is 32.1 Å². The molecular formula is C9H19ClN4. The zero-order chi connectivity index (χ0) is 9.73. The zero-order valence-corrected chi connectivity index (χ0v) is 9.68. The van der Waals surface area contributed by atoms with Crippen molar-refractivity contribution in [1.29, 1.82) is 0 Å². The Hall–Kier alpha value is -0.640. The van der Waals surface area contributed by atoms with Gasteiger partial charge in [0.15, 0.2) is 0 Å². The summed E-state index contributed by atoms with van der Waals surface area (Å²) in [6, 6.07) is 0. The molecule has 0 bridgehead atoms. The molecule has 0 aromatic heterocycles. The van der Waals surface area contributed by atoms with Crippen LogP contribution < -0.4 is 5.73 Å². The van der Waals surface area contributed by atoms with Crippen molar-refractivity contribution in [3.63, 3.8) is 0 Å². The van der Waals surface area contributed by atoms with Crippen LogP contribution in [-0.2, 0) is 0 Å². The number of unbranched alkanes of at least 4 members (excludes halogenated alkanes) is 1. The Morgan fingerprint density at radius 3 is 2.36 bits per heavy atom. The standard InChI is InChI=1S/C9H18N4.ClH/c1-3-5-6-8(10)11-9(7-4-2)12-13-9;/h3-7H2,1-2H3,(H2,10,11);1H. The van der Waals surface area contributed by atoms with Crippen LogP contribution in [0.15, 0.2) is 15.2 Å². The maximum Gasteiger partial charge on any atom is 0.283 e. The van der Waals surface area contributed by atoms with Crippen LogP contribution in [0.25, 0.3) is 0 Å². The van der Waals surface area contributed by atoms with Crippen molar-refractivity contribution in [2.24, 2.45) is 21.0 Å². The van der Waals surface area contributed by atoms with Crippen molar-refractivity contribution in [1.82, 2.24) is 0 Å². The van der Waals surface area contributed by atoms with E-state index in [0.29, 0.717) is 5.84 Å². The number of nitrogens with two attached hydrogens (primary N) is 1. The van der Waals surface area contributed by atoms with Gasteiger partial charge in [-0.2, -0.15) is 0 Å². The van der Waals surface area contributed by atoms with E-state index >= 15 is 0 Å². The molecule has 0 fully saturated rings. The van der Waals surface area contributed by atoms with Gasteiger partial charge in [0, 0.05) is 12.8 Å². The maximum atomic E-state index is 5.75. The number of halogens is 1. The predicted molar refractivity (Wildman–Crippen MR) is 60.9 cm³/mol. The normalized spacial score (nSPS) is 17.7. The van der Waals surface area contributed by atoms with Crippen LogP contribution in [0.5, 0.6) is 0 Å². The molecule has 82 valence electrons. The van der Waals surface area contributed by atoms with Crippen LogP contribution in [0.2, 0.25) is 0 Å². The Kier molecular flexibility index (Phi) is 5.69. The van der Waals surface area contributed by atoms with Gasteiger partial charge in [0.2, 0.25) is 0 Å². The van der Waals surface area contributed by atoms with E-state index in [2.05, 4.69) is 29.1 Å². The fourth-order valence-corrected chi connectivity index (χ4v) is 1.24. The Morgan fingerprint density at radius 2 is 1.93 bits per heavy atom. The van der Waals surface area contributed by atoms with E-state index in [4.69, 9.17) is 5.73 Å². The lowest BCUT2D eigenvalue weighted by atomic mass is 10.2. The fourth-order valence-electron chi connectivity index (χ4n) is 1.24. The quantitative estimate of drug-likeness (QED) is 0.541. The second-order valence-electron chi connectivity index (χ2n) is 3.43. The third-order valence-electron chi connectivity index (χ3n) is 2.03. The van der Waals surface area contributed by atoms with Gasteiger partial charge in [-0.3, -0.25) is 0 Å². The summed E-state index contributed by atoms with van der Waals surface area (Å²) in [7, 11) is 0. The van der Waals surface area contributed by atoms with Crippen LogP contribution in [0.1, 0.15) is 46.0 Å². The number of hydrogen-bond acceptors (Lipinski definition) is 3. The first-order valence-corrected chi connectivity index (χ1v) is 5.00. The first-order valence-electron chi connectivity index (χ1n) is 5.00. The van der Waals surface area contributed by atoms with Gasteiger partial charge in [0.1, 0.15) is 0 Å². The monoisotopic (exact) mass is 218 g/mol.